The number of nitrogens with zero attached hydrogens (tertiary/aromatic N) is 3. The predicted octanol–water partition coefficient (Wildman–Crippen LogP) is 2.63. The van der Waals surface area contributed by atoms with Crippen LogP contribution in [0.2, 0.25) is 0 Å². The fourth-order valence-corrected chi connectivity index (χ4v) is 4.07. The SMILES string of the molecule is CCOc1ccc(S(=O)(=O)N(CCN(C)C)Cc2cccnc2)cc1OCC. The number of ether oxygens (including phenoxy) is 2. The number of aromatic nitrogens is 1. The van der Waals surface area contributed by atoms with Gasteiger partial charge in [-0.25, -0.2) is 8.42 Å². The molecular formula is C20H29N3O4S. The topological polar surface area (TPSA) is 72.0 Å². The van der Waals surface area contributed by atoms with Crippen molar-refractivity contribution in [2.45, 2.75) is 25.3 Å². The lowest BCUT2D eigenvalue weighted by Crippen LogP contribution is -2.36. The lowest BCUT2D eigenvalue weighted by molar-refractivity contribution is 0.286. The summed E-state index contributed by atoms with van der Waals surface area (Å²) in [5, 5.41) is 0. The average Bonchev–Trinajstić information content (AvgIpc) is 2.67. The molecule has 0 bridgehead atoms. The van der Waals surface area contributed by atoms with Crippen molar-refractivity contribution in [1.29, 1.82) is 0 Å². The molecule has 7 nitrogen and oxygen atoms in total. The Hall–Kier alpha value is -2.16. The lowest BCUT2D eigenvalue weighted by Gasteiger charge is -2.24. The largest absolute Gasteiger partial charge is 0.490 e. The van der Waals surface area contributed by atoms with E-state index in [-0.39, 0.29) is 11.4 Å². The average molecular weight is 408 g/mol. The highest BCUT2D eigenvalue weighted by molar-refractivity contribution is 7.89. The van der Waals surface area contributed by atoms with Crippen molar-refractivity contribution in [2.24, 2.45) is 0 Å². The molecule has 0 saturated heterocycles. The van der Waals surface area contributed by atoms with E-state index in [2.05, 4.69) is 4.98 Å². The van der Waals surface area contributed by atoms with Crippen LogP contribution in [0.4, 0.5) is 0 Å². The summed E-state index contributed by atoms with van der Waals surface area (Å²) in [6, 6.07) is 8.42. The minimum Gasteiger partial charge on any atom is -0.490 e. The predicted molar refractivity (Wildman–Crippen MR) is 109 cm³/mol. The maximum Gasteiger partial charge on any atom is 0.243 e. The number of sulfonamides is 1. The van der Waals surface area contributed by atoms with Gasteiger partial charge in [0.25, 0.3) is 0 Å². The Bertz CT molecular complexity index is 842. The molecule has 28 heavy (non-hydrogen) atoms. The molecule has 0 N–H and O–H groups in total. The highest BCUT2D eigenvalue weighted by Gasteiger charge is 2.26. The minimum absolute atomic E-state index is 0.182. The Morgan fingerprint density at radius 3 is 2.32 bits per heavy atom. The van der Waals surface area contributed by atoms with Crippen molar-refractivity contribution < 1.29 is 17.9 Å². The van der Waals surface area contributed by atoms with Gasteiger partial charge in [0.2, 0.25) is 10.0 Å². The summed E-state index contributed by atoms with van der Waals surface area (Å²) in [6.07, 6.45) is 3.35. The van der Waals surface area contributed by atoms with Crippen LogP contribution in [0.1, 0.15) is 19.4 Å². The van der Waals surface area contributed by atoms with Gasteiger partial charge in [-0.2, -0.15) is 4.31 Å². The molecule has 154 valence electrons. The van der Waals surface area contributed by atoms with Crippen molar-refractivity contribution in [3.8, 4) is 11.5 Å². The third kappa shape index (κ3) is 5.92. The zero-order chi connectivity index (χ0) is 20.6. The van der Waals surface area contributed by atoms with E-state index in [9.17, 15) is 8.42 Å². The molecule has 0 amide bonds. The Kier molecular flexibility index (Phi) is 8.22. The second kappa shape index (κ2) is 10.4. The van der Waals surface area contributed by atoms with Crippen LogP contribution in [-0.2, 0) is 16.6 Å². The minimum atomic E-state index is -3.72. The van der Waals surface area contributed by atoms with Crippen LogP contribution in [0.25, 0.3) is 0 Å². The first-order valence-electron chi connectivity index (χ1n) is 9.31. The zero-order valence-electron chi connectivity index (χ0n) is 17.0. The molecule has 0 aliphatic heterocycles. The number of pyridine rings is 1. The molecule has 0 saturated carbocycles. The van der Waals surface area contributed by atoms with E-state index < -0.39 is 10.0 Å². The van der Waals surface area contributed by atoms with Crippen LogP contribution in [0.15, 0.2) is 47.6 Å². The number of benzene rings is 1. The van der Waals surface area contributed by atoms with E-state index in [1.165, 1.54) is 10.4 Å². The van der Waals surface area contributed by atoms with Crippen LogP contribution < -0.4 is 9.47 Å². The molecule has 0 unspecified atom stereocenters. The lowest BCUT2D eigenvalue weighted by atomic mass is 10.3. The van der Waals surface area contributed by atoms with E-state index in [0.717, 1.165) is 5.56 Å². The molecule has 0 aliphatic rings. The quantitative estimate of drug-likeness (QED) is 0.570. The Balaban J connectivity index is 2.38. The van der Waals surface area contributed by atoms with Gasteiger partial charge in [-0.1, -0.05) is 6.07 Å². The summed E-state index contributed by atoms with van der Waals surface area (Å²) in [6.45, 7) is 5.84. The van der Waals surface area contributed by atoms with Crippen molar-refractivity contribution >= 4 is 10.0 Å². The summed E-state index contributed by atoms with van der Waals surface area (Å²) >= 11 is 0. The van der Waals surface area contributed by atoms with Gasteiger partial charge in [-0.05, 0) is 51.7 Å². The molecule has 0 atom stereocenters. The fourth-order valence-electron chi connectivity index (χ4n) is 2.63. The van der Waals surface area contributed by atoms with Crippen molar-refractivity contribution in [3.63, 3.8) is 0 Å². The van der Waals surface area contributed by atoms with Crippen molar-refractivity contribution in [2.75, 3.05) is 40.4 Å². The van der Waals surface area contributed by atoms with Crippen LogP contribution in [0.3, 0.4) is 0 Å². The van der Waals surface area contributed by atoms with Gasteiger partial charge in [0, 0.05) is 38.1 Å². The molecule has 8 heteroatoms. The van der Waals surface area contributed by atoms with Crippen LogP contribution in [0, 0.1) is 0 Å². The highest BCUT2D eigenvalue weighted by atomic mass is 32.2. The first-order valence-corrected chi connectivity index (χ1v) is 10.8. The van der Waals surface area contributed by atoms with Crippen LogP contribution >= 0.6 is 0 Å². The molecule has 0 aliphatic carbocycles. The summed E-state index contributed by atoms with van der Waals surface area (Å²) < 4.78 is 39.3. The monoisotopic (exact) mass is 407 g/mol. The van der Waals surface area contributed by atoms with E-state index in [1.54, 1.807) is 30.6 Å². The van der Waals surface area contributed by atoms with Gasteiger partial charge in [-0.3, -0.25) is 4.98 Å². The molecule has 2 aromatic rings. The van der Waals surface area contributed by atoms with E-state index in [4.69, 9.17) is 9.47 Å². The molecular weight excluding hydrogens is 378 g/mol. The number of rotatable bonds is 11. The van der Waals surface area contributed by atoms with Gasteiger partial charge >= 0.3 is 0 Å². The molecule has 2 rings (SSSR count). The third-order valence-electron chi connectivity index (χ3n) is 4.03. The maximum absolute atomic E-state index is 13.4. The van der Waals surface area contributed by atoms with Gasteiger partial charge in [0.05, 0.1) is 18.1 Å². The summed E-state index contributed by atoms with van der Waals surface area (Å²) in [4.78, 5) is 6.23. The van der Waals surface area contributed by atoms with Gasteiger partial charge < -0.3 is 14.4 Å². The zero-order valence-corrected chi connectivity index (χ0v) is 17.8. The standard InChI is InChI=1S/C20H29N3O4S/c1-5-26-19-10-9-18(14-20(19)27-6-2)28(24,25)23(13-12-22(3)4)16-17-8-7-11-21-15-17/h7-11,14-15H,5-6,12-13,16H2,1-4H3. The summed E-state index contributed by atoms with van der Waals surface area (Å²) in [5.41, 5.74) is 0.834. The van der Waals surface area contributed by atoms with Crippen molar-refractivity contribution in [1.82, 2.24) is 14.2 Å². The summed E-state index contributed by atoms with van der Waals surface area (Å²) in [7, 11) is 0.107. The maximum atomic E-state index is 13.4. The Morgan fingerprint density at radius 2 is 1.71 bits per heavy atom. The van der Waals surface area contributed by atoms with Gasteiger partial charge in [0.15, 0.2) is 11.5 Å². The molecule has 1 aromatic heterocycles. The smallest absolute Gasteiger partial charge is 0.243 e. The molecule has 0 fully saturated rings. The van der Waals surface area contributed by atoms with Crippen molar-refractivity contribution in [3.05, 3.63) is 48.3 Å². The second-order valence-corrected chi connectivity index (χ2v) is 8.42. The molecule has 1 heterocycles. The highest BCUT2D eigenvalue weighted by Crippen LogP contribution is 2.31. The second-order valence-electron chi connectivity index (χ2n) is 6.48. The number of hydrogen-bond acceptors (Lipinski definition) is 6. The van der Waals surface area contributed by atoms with Crippen LogP contribution in [-0.4, -0.2) is 63.0 Å². The number of likely N-dealkylation sites (N-methyl/N-ethyl adjacent to an activating group) is 1. The van der Waals surface area contributed by atoms with E-state index >= 15 is 0 Å². The summed E-state index contributed by atoms with van der Waals surface area (Å²) in [5.74, 6) is 0.967. The third-order valence-corrected chi connectivity index (χ3v) is 5.87. The van der Waals surface area contributed by atoms with Crippen LogP contribution in [0.5, 0.6) is 11.5 Å². The normalized spacial score (nSPS) is 11.8. The Morgan fingerprint density at radius 1 is 1.00 bits per heavy atom. The van der Waals surface area contributed by atoms with Gasteiger partial charge in [-0.15, -0.1) is 0 Å². The van der Waals surface area contributed by atoms with Gasteiger partial charge in [0.1, 0.15) is 0 Å². The number of hydrogen-bond donors (Lipinski definition) is 0. The fraction of sp³-hybridized carbons (Fsp3) is 0.450. The van der Waals surface area contributed by atoms with E-state index in [0.29, 0.717) is 37.8 Å². The molecule has 0 radical (unpaired) electrons. The molecule has 1 aromatic carbocycles. The Labute approximate surface area is 168 Å². The first-order chi connectivity index (χ1) is 13.4. The molecule has 0 spiro atoms. The first kappa shape index (κ1) is 22.1. The van der Waals surface area contributed by atoms with E-state index in [1.807, 2.05) is 38.9 Å².